The Morgan fingerprint density at radius 3 is 1.21 bits per heavy atom. The molecular weight excluding hydrogens is 424 g/mol. The minimum Gasteiger partial charge on any atom is -0.381 e. The molecule has 0 spiro atoms. The van der Waals surface area contributed by atoms with Crippen molar-refractivity contribution in [3.8, 4) is 0 Å². The van der Waals surface area contributed by atoms with Crippen LogP contribution in [-0.2, 0) is 18.9 Å². The molecule has 0 heterocycles. The fourth-order valence-electron chi connectivity index (χ4n) is 4.79. The predicted molar refractivity (Wildman–Crippen MR) is 146 cm³/mol. The van der Waals surface area contributed by atoms with Crippen molar-refractivity contribution in [2.45, 2.75) is 156 Å². The summed E-state index contributed by atoms with van der Waals surface area (Å²) in [7, 11) is 0. The van der Waals surface area contributed by atoms with Gasteiger partial charge in [-0.3, -0.25) is 0 Å². The van der Waals surface area contributed by atoms with E-state index >= 15 is 0 Å². The van der Waals surface area contributed by atoms with Gasteiger partial charge in [-0.25, -0.2) is 0 Å². The zero-order valence-corrected chi connectivity index (χ0v) is 24.0. The summed E-state index contributed by atoms with van der Waals surface area (Å²) >= 11 is 0. The van der Waals surface area contributed by atoms with Crippen LogP contribution in [0.2, 0.25) is 0 Å². The maximum atomic E-state index is 6.16. The molecule has 0 N–H and O–H groups in total. The first kappa shape index (κ1) is 33.8. The smallest absolute Gasteiger partial charge is 0.285 e. The van der Waals surface area contributed by atoms with Gasteiger partial charge in [-0.15, -0.1) is 0 Å². The van der Waals surface area contributed by atoms with E-state index in [1.165, 1.54) is 96.3 Å². The van der Waals surface area contributed by atoms with Gasteiger partial charge in [0.15, 0.2) is 0 Å². The van der Waals surface area contributed by atoms with E-state index < -0.39 is 5.97 Å². The third kappa shape index (κ3) is 18.2. The highest BCUT2D eigenvalue weighted by atomic mass is 16.9. The number of ether oxygens (including phenoxy) is 4. The molecule has 0 bridgehead atoms. The van der Waals surface area contributed by atoms with Crippen molar-refractivity contribution in [2.24, 2.45) is 5.92 Å². The lowest BCUT2D eigenvalue weighted by Crippen LogP contribution is -2.46. The average Bonchev–Trinajstić information content (AvgIpc) is 2.83. The van der Waals surface area contributed by atoms with Crippen molar-refractivity contribution in [1.29, 1.82) is 0 Å². The Labute approximate surface area is 214 Å². The van der Waals surface area contributed by atoms with Crippen molar-refractivity contribution >= 4 is 0 Å². The molecule has 1 atom stereocenters. The summed E-state index contributed by atoms with van der Waals surface area (Å²) in [6, 6.07) is 0. The molecule has 0 rings (SSSR count). The van der Waals surface area contributed by atoms with E-state index in [0.717, 1.165) is 32.5 Å². The average molecular weight is 487 g/mol. The molecule has 0 amide bonds. The first-order valence-electron chi connectivity index (χ1n) is 15.2. The van der Waals surface area contributed by atoms with Crippen LogP contribution in [-0.4, -0.2) is 39.0 Å². The normalized spacial score (nSPS) is 13.0. The topological polar surface area (TPSA) is 36.9 Å². The highest BCUT2D eigenvalue weighted by molar-refractivity contribution is 4.73. The van der Waals surface area contributed by atoms with Crippen LogP contribution in [0.5, 0.6) is 0 Å². The van der Waals surface area contributed by atoms with Gasteiger partial charge in [0.05, 0.1) is 0 Å². The second-order valence-electron chi connectivity index (χ2n) is 9.74. The predicted octanol–water partition coefficient (Wildman–Crippen LogP) is 9.44. The van der Waals surface area contributed by atoms with Crippen LogP contribution in [0.25, 0.3) is 0 Å². The Bertz CT molecular complexity index is 371. The quantitative estimate of drug-likeness (QED) is 0.0815. The van der Waals surface area contributed by atoms with Crippen molar-refractivity contribution < 1.29 is 18.9 Å². The molecule has 0 saturated carbocycles. The molecule has 0 fully saturated rings. The lowest BCUT2D eigenvalue weighted by molar-refractivity contribution is -0.403. The van der Waals surface area contributed by atoms with Gasteiger partial charge >= 0.3 is 0 Å². The van der Waals surface area contributed by atoms with E-state index in [2.05, 4.69) is 13.8 Å². The van der Waals surface area contributed by atoms with Crippen LogP contribution in [0.4, 0.5) is 0 Å². The van der Waals surface area contributed by atoms with Crippen molar-refractivity contribution in [3.05, 3.63) is 0 Å². The Balaban J connectivity index is 4.32. The lowest BCUT2D eigenvalue weighted by Gasteiger charge is -2.39. The molecule has 4 nitrogen and oxygen atoms in total. The summed E-state index contributed by atoms with van der Waals surface area (Å²) in [6.45, 7) is 14.3. The molecule has 0 aromatic rings. The van der Waals surface area contributed by atoms with Gasteiger partial charge in [0, 0.05) is 39.0 Å². The van der Waals surface area contributed by atoms with Crippen molar-refractivity contribution in [2.75, 3.05) is 33.0 Å². The molecular formula is C30H62O4. The van der Waals surface area contributed by atoms with Gasteiger partial charge in [0.1, 0.15) is 0 Å². The van der Waals surface area contributed by atoms with Crippen molar-refractivity contribution in [1.82, 2.24) is 0 Å². The largest absolute Gasteiger partial charge is 0.381 e. The van der Waals surface area contributed by atoms with E-state index in [1.54, 1.807) is 0 Å². The SMILES string of the molecule is CCCCCCCCCOCCCCCC(CCCCCCCC)C(OCC)(OCC)OCC. The van der Waals surface area contributed by atoms with Crippen LogP contribution in [0.15, 0.2) is 0 Å². The molecule has 0 saturated heterocycles. The molecule has 0 aliphatic rings. The van der Waals surface area contributed by atoms with Crippen LogP contribution >= 0.6 is 0 Å². The molecule has 0 radical (unpaired) electrons. The Kier molecular flexibility index (Phi) is 25.8. The fraction of sp³-hybridized carbons (Fsp3) is 1.00. The Morgan fingerprint density at radius 2 is 0.794 bits per heavy atom. The summed E-state index contributed by atoms with van der Waals surface area (Å²) < 4.78 is 24.4. The standard InChI is InChI=1S/C30H62O4/c1-6-11-13-15-17-19-23-27-31-28-24-20-22-26-29(25-21-18-16-14-12-7-2)30(32-8-3,33-9-4)34-10-5/h29H,6-28H2,1-5H3. The van der Waals surface area contributed by atoms with Crippen LogP contribution < -0.4 is 0 Å². The first-order chi connectivity index (χ1) is 16.7. The maximum absolute atomic E-state index is 6.16. The fourth-order valence-corrected chi connectivity index (χ4v) is 4.79. The highest BCUT2D eigenvalue weighted by Gasteiger charge is 2.41. The third-order valence-corrected chi connectivity index (χ3v) is 6.68. The van der Waals surface area contributed by atoms with E-state index in [0.29, 0.717) is 19.8 Å². The van der Waals surface area contributed by atoms with Gasteiger partial charge in [-0.1, -0.05) is 104 Å². The van der Waals surface area contributed by atoms with Crippen LogP contribution in [0, 0.1) is 5.92 Å². The van der Waals surface area contributed by atoms with Gasteiger partial charge in [-0.05, 0) is 46.5 Å². The summed E-state index contributed by atoms with van der Waals surface area (Å²) in [5, 5.41) is 0. The molecule has 34 heavy (non-hydrogen) atoms. The number of rotatable bonds is 28. The monoisotopic (exact) mass is 486 g/mol. The number of hydrogen-bond acceptors (Lipinski definition) is 4. The molecule has 0 aromatic carbocycles. The van der Waals surface area contributed by atoms with E-state index in [-0.39, 0.29) is 5.92 Å². The second kappa shape index (κ2) is 25.9. The summed E-state index contributed by atoms with van der Waals surface area (Å²) in [5.41, 5.74) is 0. The number of hydrogen-bond donors (Lipinski definition) is 0. The van der Waals surface area contributed by atoms with E-state index in [4.69, 9.17) is 18.9 Å². The van der Waals surface area contributed by atoms with Crippen LogP contribution in [0.1, 0.15) is 150 Å². The van der Waals surface area contributed by atoms with Gasteiger partial charge in [-0.2, -0.15) is 0 Å². The minimum atomic E-state index is -0.880. The van der Waals surface area contributed by atoms with E-state index in [9.17, 15) is 0 Å². The zero-order chi connectivity index (χ0) is 25.2. The zero-order valence-electron chi connectivity index (χ0n) is 24.0. The molecule has 0 aliphatic carbocycles. The summed E-state index contributed by atoms with van der Waals surface area (Å²) in [4.78, 5) is 0. The Hall–Kier alpha value is -0.160. The highest BCUT2D eigenvalue weighted by Crippen LogP contribution is 2.34. The first-order valence-corrected chi connectivity index (χ1v) is 15.2. The molecule has 0 aromatic heterocycles. The van der Waals surface area contributed by atoms with Crippen molar-refractivity contribution in [3.63, 3.8) is 0 Å². The van der Waals surface area contributed by atoms with Gasteiger partial charge in [0.2, 0.25) is 0 Å². The van der Waals surface area contributed by atoms with Gasteiger partial charge < -0.3 is 18.9 Å². The van der Waals surface area contributed by atoms with Gasteiger partial charge in [0.25, 0.3) is 5.97 Å². The molecule has 0 aliphatic heterocycles. The van der Waals surface area contributed by atoms with E-state index in [1.807, 2.05) is 20.8 Å². The van der Waals surface area contributed by atoms with Crippen LogP contribution in [0.3, 0.4) is 0 Å². The molecule has 206 valence electrons. The minimum absolute atomic E-state index is 0.284. The summed E-state index contributed by atoms with van der Waals surface area (Å²) in [6.07, 6.45) is 23.0. The number of unbranched alkanes of at least 4 members (excludes halogenated alkanes) is 13. The third-order valence-electron chi connectivity index (χ3n) is 6.68. The second-order valence-corrected chi connectivity index (χ2v) is 9.74. The maximum Gasteiger partial charge on any atom is 0.285 e. The molecule has 1 unspecified atom stereocenters. The summed E-state index contributed by atoms with van der Waals surface area (Å²) in [5.74, 6) is -0.595. The lowest BCUT2D eigenvalue weighted by atomic mass is 9.92. The molecule has 4 heteroatoms. The Morgan fingerprint density at radius 1 is 0.441 bits per heavy atom.